The fraction of sp³-hybridized carbons (Fsp3) is 0.727. The van der Waals surface area contributed by atoms with Crippen LogP contribution >= 0.6 is 11.8 Å². The highest BCUT2D eigenvalue weighted by Crippen LogP contribution is 2.19. The standard InChI is InChI=1S/C11H20N4O3S/c1-4-15-9(18)13-14-10(15)19-7-5-6-11(2,12-3)8(16)17/h12H,4-7H2,1-3H3,(H,13,18)(H,16,17). The van der Waals surface area contributed by atoms with Crippen molar-refractivity contribution in [2.75, 3.05) is 12.8 Å². The van der Waals surface area contributed by atoms with E-state index in [4.69, 9.17) is 5.11 Å². The Morgan fingerprint density at radius 1 is 1.63 bits per heavy atom. The fourth-order valence-electron chi connectivity index (χ4n) is 1.62. The number of rotatable bonds is 8. The maximum Gasteiger partial charge on any atom is 0.343 e. The van der Waals surface area contributed by atoms with Crippen molar-refractivity contribution in [3.8, 4) is 0 Å². The summed E-state index contributed by atoms with van der Waals surface area (Å²) in [5.41, 5.74) is -1.12. The zero-order valence-corrected chi connectivity index (χ0v) is 12.2. The third kappa shape index (κ3) is 3.84. The number of hydrogen-bond acceptors (Lipinski definition) is 5. The first-order valence-electron chi connectivity index (χ1n) is 6.15. The van der Waals surface area contributed by atoms with Crippen LogP contribution in [0.4, 0.5) is 0 Å². The Hall–Kier alpha value is -1.28. The molecule has 1 atom stereocenters. The van der Waals surface area contributed by atoms with Crippen LogP contribution in [0.15, 0.2) is 9.95 Å². The van der Waals surface area contributed by atoms with Gasteiger partial charge in [0.1, 0.15) is 5.54 Å². The van der Waals surface area contributed by atoms with Gasteiger partial charge in [0, 0.05) is 12.3 Å². The van der Waals surface area contributed by atoms with E-state index in [1.54, 1.807) is 18.5 Å². The van der Waals surface area contributed by atoms with Gasteiger partial charge in [-0.25, -0.2) is 9.89 Å². The highest BCUT2D eigenvalue weighted by Gasteiger charge is 2.30. The Balaban J connectivity index is 2.47. The number of thioether (sulfide) groups is 1. The van der Waals surface area contributed by atoms with Gasteiger partial charge in [0.25, 0.3) is 0 Å². The van der Waals surface area contributed by atoms with Gasteiger partial charge in [-0.1, -0.05) is 11.8 Å². The first-order chi connectivity index (χ1) is 8.94. The Morgan fingerprint density at radius 3 is 2.84 bits per heavy atom. The smallest absolute Gasteiger partial charge is 0.343 e. The molecule has 1 rings (SSSR count). The second kappa shape index (κ2) is 6.76. The largest absolute Gasteiger partial charge is 0.480 e. The molecule has 0 saturated heterocycles. The van der Waals surface area contributed by atoms with E-state index in [1.165, 1.54) is 11.8 Å². The molecule has 0 aromatic carbocycles. The Kier molecular flexibility index (Phi) is 5.61. The minimum Gasteiger partial charge on any atom is -0.480 e. The summed E-state index contributed by atoms with van der Waals surface area (Å²) in [7, 11) is 1.64. The van der Waals surface area contributed by atoms with Crippen molar-refractivity contribution in [3.05, 3.63) is 10.5 Å². The van der Waals surface area contributed by atoms with E-state index in [-0.39, 0.29) is 5.69 Å². The Morgan fingerprint density at radius 2 is 2.32 bits per heavy atom. The number of likely N-dealkylation sites (N-methyl/N-ethyl adjacent to an activating group) is 1. The SMILES string of the molecule is CCn1c(SCCCC(C)(NC)C(=O)O)n[nH]c1=O. The molecule has 3 N–H and O–H groups in total. The van der Waals surface area contributed by atoms with Crippen LogP contribution < -0.4 is 11.0 Å². The van der Waals surface area contributed by atoms with Crippen molar-refractivity contribution >= 4 is 17.7 Å². The van der Waals surface area contributed by atoms with Gasteiger partial charge < -0.3 is 10.4 Å². The van der Waals surface area contributed by atoms with Gasteiger partial charge in [0.15, 0.2) is 5.16 Å². The van der Waals surface area contributed by atoms with Gasteiger partial charge >= 0.3 is 11.7 Å². The lowest BCUT2D eigenvalue weighted by molar-refractivity contribution is -0.144. The molecule has 0 saturated carbocycles. The highest BCUT2D eigenvalue weighted by atomic mass is 32.2. The van der Waals surface area contributed by atoms with Crippen LogP contribution in [-0.4, -0.2) is 44.2 Å². The lowest BCUT2D eigenvalue weighted by Gasteiger charge is -2.23. The molecular weight excluding hydrogens is 268 g/mol. The van der Waals surface area contributed by atoms with E-state index < -0.39 is 11.5 Å². The molecule has 1 heterocycles. The van der Waals surface area contributed by atoms with Gasteiger partial charge in [-0.2, -0.15) is 0 Å². The van der Waals surface area contributed by atoms with E-state index in [0.29, 0.717) is 18.1 Å². The summed E-state index contributed by atoms with van der Waals surface area (Å²) in [6.45, 7) is 4.11. The zero-order valence-electron chi connectivity index (χ0n) is 11.4. The van der Waals surface area contributed by atoms with Crippen molar-refractivity contribution in [1.29, 1.82) is 0 Å². The number of carbonyl (C=O) groups is 1. The number of aliphatic carboxylic acids is 1. The minimum absolute atomic E-state index is 0.212. The average molecular weight is 288 g/mol. The van der Waals surface area contributed by atoms with Crippen LogP contribution in [0.5, 0.6) is 0 Å². The Bertz CT molecular complexity index is 485. The van der Waals surface area contributed by atoms with Crippen molar-refractivity contribution in [2.45, 2.75) is 43.9 Å². The molecule has 108 valence electrons. The Labute approximate surface area is 115 Å². The molecule has 0 radical (unpaired) electrons. The molecule has 1 aromatic rings. The maximum absolute atomic E-state index is 11.3. The predicted molar refractivity (Wildman–Crippen MR) is 73.6 cm³/mol. The molecule has 0 fully saturated rings. The number of hydrogen-bond donors (Lipinski definition) is 3. The monoisotopic (exact) mass is 288 g/mol. The molecule has 0 amide bonds. The van der Waals surface area contributed by atoms with E-state index in [2.05, 4.69) is 15.5 Å². The summed E-state index contributed by atoms with van der Waals surface area (Å²) < 4.78 is 1.55. The maximum atomic E-state index is 11.3. The molecule has 7 nitrogen and oxygen atoms in total. The van der Waals surface area contributed by atoms with Crippen LogP contribution in [0.1, 0.15) is 26.7 Å². The topological polar surface area (TPSA) is 100 Å². The number of nitrogens with zero attached hydrogens (tertiary/aromatic N) is 2. The first-order valence-corrected chi connectivity index (χ1v) is 7.13. The first kappa shape index (κ1) is 15.8. The van der Waals surface area contributed by atoms with Crippen LogP contribution in [0, 0.1) is 0 Å². The van der Waals surface area contributed by atoms with Gasteiger partial charge in [-0.05, 0) is 33.7 Å². The number of aromatic amines is 1. The third-order valence-electron chi connectivity index (χ3n) is 3.12. The molecule has 0 spiro atoms. The molecule has 19 heavy (non-hydrogen) atoms. The summed E-state index contributed by atoms with van der Waals surface area (Å²) >= 11 is 1.46. The molecule has 1 unspecified atom stereocenters. The highest BCUT2D eigenvalue weighted by molar-refractivity contribution is 7.99. The van der Waals surface area contributed by atoms with Gasteiger partial charge in [-0.15, -0.1) is 5.10 Å². The number of aromatic nitrogens is 3. The zero-order chi connectivity index (χ0) is 14.5. The quantitative estimate of drug-likeness (QED) is 0.476. The third-order valence-corrected chi connectivity index (χ3v) is 4.18. The average Bonchev–Trinajstić information content (AvgIpc) is 2.74. The number of H-pyrrole nitrogens is 1. The second-order valence-electron chi connectivity index (χ2n) is 4.39. The molecule has 0 bridgehead atoms. The predicted octanol–water partition coefficient (Wildman–Crippen LogP) is 0.526. The summed E-state index contributed by atoms with van der Waals surface area (Å²) in [5, 5.41) is 18.9. The van der Waals surface area contributed by atoms with E-state index in [0.717, 1.165) is 12.2 Å². The van der Waals surface area contributed by atoms with Gasteiger partial charge in [0.05, 0.1) is 0 Å². The normalized spacial score (nSPS) is 14.3. The molecular formula is C11H20N4O3S. The molecule has 1 aromatic heterocycles. The molecule has 0 aliphatic rings. The van der Waals surface area contributed by atoms with Gasteiger partial charge in [0.2, 0.25) is 0 Å². The summed E-state index contributed by atoms with van der Waals surface area (Å²) in [6, 6.07) is 0. The van der Waals surface area contributed by atoms with E-state index >= 15 is 0 Å². The minimum atomic E-state index is -0.906. The van der Waals surface area contributed by atoms with Crippen molar-refractivity contribution < 1.29 is 9.90 Å². The second-order valence-corrected chi connectivity index (χ2v) is 5.46. The van der Waals surface area contributed by atoms with E-state index in [9.17, 15) is 9.59 Å². The fourth-order valence-corrected chi connectivity index (χ4v) is 2.57. The number of nitrogens with one attached hydrogen (secondary N) is 2. The summed E-state index contributed by atoms with van der Waals surface area (Å²) in [5.74, 6) is -0.139. The molecule has 0 aliphatic carbocycles. The number of carboxylic acids is 1. The van der Waals surface area contributed by atoms with Crippen LogP contribution in [0.25, 0.3) is 0 Å². The van der Waals surface area contributed by atoms with Crippen LogP contribution in [0.3, 0.4) is 0 Å². The van der Waals surface area contributed by atoms with Crippen molar-refractivity contribution in [3.63, 3.8) is 0 Å². The lowest BCUT2D eigenvalue weighted by atomic mass is 9.97. The summed E-state index contributed by atoms with van der Waals surface area (Å²) in [6.07, 6.45) is 1.24. The lowest BCUT2D eigenvalue weighted by Crippen LogP contribution is -2.47. The van der Waals surface area contributed by atoms with Gasteiger partial charge in [-0.3, -0.25) is 9.36 Å². The number of carboxylic acid groups (broad SMARTS) is 1. The molecule has 0 aliphatic heterocycles. The van der Waals surface area contributed by atoms with Crippen LogP contribution in [-0.2, 0) is 11.3 Å². The van der Waals surface area contributed by atoms with Crippen LogP contribution in [0.2, 0.25) is 0 Å². The van der Waals surface area contributed by atoms with Crippen molar-refractivity contribution in [2.24, 2.45) is 0 Å². The molecule has 8 heteroatoms. The summed E-state index contributed by atoms with van der Waals surface area (Å²) in [4.78, 5) is 22.4. The van der Waals surface area contributed by atoms with E-state index in [1.807, 2.05) is 6.92 Å². The van der Waals surface area contributed by atoms with Crippen molar-refractivity contribution in [1.82, 2.24) is 20.1 Å².